The minimum atomic E-state index is -0.359. The van der Waals surface area contributed by atoms with E-state index in [0.29, 0.717) is 34.2 Å². The second-order valence-corrected chi connectivity index (χ2v) is 12.3. The summed E-state index contributed by atoms with van der Waals surface area (Å²) in [7, 11) is 0. The monoisotopic (exact) mass is 590 g/mol. The largest absolute Gasteiger partial charge is 0.381 e. The van der Waals surface area contributed by atoms with Gasteiger partial charge in [-0.15, -0.1) is 0 Å². The molecule has 6 rings (SSSR count). The molecule has 5 heteroatoms. The number of hydrogen-bond acceptors (Lipinski definition) is 3. The Labute approximate surface area is 261 Å². The van der Waals surface area contributed by atoms with Crippen LogP contribution in [0.2, 0.25) is 0 Å². The fraction of sp³-hybridized carbons (Fsp3) is 0.359. The molecule has 1 N–H and O–H groups in total. The summed E-state index contributed by atoms with van der Waals surface area (Å²) in [6.07, 6.45) is 7.83. The van der Waals surface area contributed by atoms with Gasteiger partial charge in [-0.05, 0) is 103 Å². The SMILES string of the molecule is C=C1C=C(c2ccccc2)C(CC2CCN(C3CCOCC3)CC2)=C(C(=O)N[C@@H](CC)c2ccccc2)c2cccc(F)c21. The Hall–Kier alpha value is -3.80. The molecule has 4 nitrogen and oxygen atoms in total. The van der Waals surface area contributed by atoms with Gasteiger partial charge in [0.05, 0.1) is 11.6 Å². The van der Waals surface area contributed by atoms with Crippen LogP contribution in [0.1, 0.15) is 73.7 Å². The number of allylic oxidation sites excluding steroid dienone is 4. The van der Waals surface area contributed by atoms with Gasteiger partial charge in [-0.1, -0.05) is 86.3 Å². The zero-order valence-electron chi connectivity index (χ0n) is 25.7. The number of benzene rings is 3. The fourth-order valence-electron chi connectivity index (χ4n) is 7.23. The van der Waals surface area contributed by atoms with Crippen molar-refractivity contribution in [1.29, 1.82) is 0 Å². The van der Waals surface area contributed by atoms with Crippen LogP contribution in [0.3, 0.4) is 0 Å². The molecule has 3 aromatic rings. The van der Waals surface area contributed by atoms with E-state index in [0.717, 1.165) is 87.1 Å². The molecule has 0 unspecified atom stereocenters. The average molecular weight is 591 g/mol. The lowest BCUT2D eigenvalue weighted by atomic mass is 9.81. The molecule has 1 aliphatic carbocycles. The van der Waals surface area contributed by atoms with Crippen molar-refractivity contribution in [1.82, 2.24) is 10.2 Å². The molecular formula is C39H43FN2O2. The molecule has 0 radical (unpaired) electrons. The number of ether oxygens (including phenoxy) is 1. The maximum atomic E-state index is 15.6. The molecule has 1 amide bonds. The van der Waals surface area contributed by atoms with Gasteiger partial charge in [0, 0.05) is 24.8 Å². The smallest absolute Gasteiger partial charge is 0.252 e. The first-order valence-electron chi connectivity index (χ1n) is 16.2. The number of rotatable bonds is 8. The molecule has 2 aliphatic heterocycles. The van der Waals surface area contributed by atoms with Gasteiger partial charge in [0.2, 0.25) is 0 Å². The molecule has 0 bridgehead atoms. The summed E-state index contributed by atoms with van der Waals surface area (Å²) in [6.45, 7) is 10.2. The lowest BCUT2D eigenvalue weighted by molar-refractivity contribution is -0.116. The highest BCUT2D eigenvalue weighted by molar-refractivity contribution is 6.25. The van der Waals surface area contributed by atoms with Gasteiger partial charge < -0.3 is 15.0 Å². The molecular weight excluding hydrogens is 547 g/mol. The van der Waals surface area contributed by atoms with E-state index < -0.39 is 0 Å². The van der Waals surface area contributed by atoms with Crippen molar-refractivity contribution < 1.29 is 13.9 Å². The number of piperidine rings is 1. The van der Waals surface area contributed by atoms with Crippen LogP contribution < -0.4 is 5.32 Å². The van der Waals surface area contributed by atoms with Crippen LogP contribution in [0.15, 0.2) is 97.1 Å². The van der Waals surface area contributed by atoms with Crippen molar-refractivity contribution in [2.75, 3.05) is 26.3 Å². The summed E-state index contributed by atoms with van der Waals surface area (Å²) in [6, 6.07) is 25.8. The van der Waals surface area contributed by atoms with E-state index >= 15 is 4.39 Å². The number of carbonyl (C=O) groups is 1. The Morgan fingerprint density at radius 2 is 1.64 bits per heavy atom. The first kappa shape index (κ1) is 30.2. The standard InChI is InChI=1S/C39H43FN2O2/c1-3-36(30-13-8-5-9-14-30)41-39(43)38-32-15-10-16-35(40)37(32)27(2)25-33(29-11-6-4-7-12-29)34(38)26-28-17-21-42(22-18-28)31-19-23-44-24-20-31/h4-16,25,28,31,36H,2-3,17-24,26H2,1H3,(H,41,43)/t36-/m0/s1. The summed E-state index contributed by atoms with van der Waals surface area (Å²) in [5.41, 5.74) is 6.17. The van der Waals surface area contributed by atoms with E-state index in [1.165, 1.54) is 6.07 Å². The van der Waals surface area contributed by atoms with Gasteiger partial charge in [-0.25, -0.2) is 4.39 Å². The molecule has 44 heavy (non-hydrogen) atoms. The molecule has 2 heterocycles. The highest BCUT2D eigenvalue weighted by Crippen LogP contribution is 2.44. The van der Waals surface area contributed by atoms with Crippen LogP contribution in [0.25, 0.3) is 16.7 Å². The summed E-state index contributed by atoms with van der Waals surface area (Å²) in [4.78, 5) is 17.2. The predicted molar refractivity (Wildman–Crippen MR) is 177 cm³/mol. The number of carbonyl (C=O) groups excluding carboxylic acids is 1. The number of nitrogens with one attached hydrogen (secondary N) is 1. The second kappa shape index (κ2) is 13.9. The van der Waals surface area contributed by atoms with Gasteiger partial charge in [0.25, 0.3) is 5.91 Å². The number of hydrogen-bond donors (Lipinski definition) is 1. The van der Waals surface area contributed by atoms with Gasteiger partial charge in [0.15, 0.2) is 0 Å². The third-order valence-electron chi connectivity index (χ3n) is 9.63. The summed E-state index contributed by atoms with van der Waals surface area (Å²) in [5, 5.41) is 3.35. The molecule has 2 fully saturated rings. The van der Waals surface area contributed by atoms with Crippen LogP contribution in [-0.2, 0) is 9.53 Å². The Morgan fingerprint density at radius 1 is 0.955 bits per heavy atom. The number of nitrogens with zero attached hydrogens (tertiary/aromatic N) is 1. The van der Waals surface area contributed by atoms with Crippen molar-refractivity contribution in [3.05, 3.63) is 125 Å². The summed E-state index contributed by atoms with van der Waals surface area (Å²) in [5.74, 6) is -0.114. The van der Waals surface area contributed by atoms with E-state index in [-0.39, 0.29) is 17.8 Å². The van der Waals surface area contributed by atoms with Crippen molar-refractivity contribution >= 4 is 22.6 Å². The third kappa shape index (κ3) is 6.50. The van der Waals surface area contributed by atoms with Gasteiger partial charge in [-0.3, -0.25) is 4.79 Å². The Kier molecular flexibility index (Phi) is 9.54. The van der Waals surface area contributed by atoms with Crippen LogP contribution in [0.4, 0.5) is 4.39 Å². The Bertz CT molecular complexity index is 1530. The van der Waals surface area contributed by atoms with Gasteiger partial charge in [-0.2, -0.15) is 0 Å². The zero-order valence-corrected chi connectivity index (χ0v) is 25.7. The number of halogens is 1. The van der Waals surface area contributed by atoms with E-state index in [1.807, 2.05) is 60.7 Å². The first-order chi connectivity index (χ1) is 21.5. The minimum absolute atomic E-state index is 0.159. The first-order valence-corrected chi connectivity index (χ1v) is 16.2. The normalized spacial score (nSPS) is 19.2. The topological polar surface area (TPSA) is 41.6 Å². The minimum Gasteiger partial charge on any atom is -0.381 e. The van der Waals surface area contributed by atoms with Crippen molar-refractivity contribution in [2.45, 2.75) is 57.5 Å². The number of fused-ring (bicyclic) bond motifs is 1. The van der Waals surface area contributed by atoms with Gasteiger partial charge >= 0.3 is 0 Å². The predicted octanol–water partition coefficient (Wildman–Crippen LogP) is 8.24. The third-order valence-corrected chi connectivity index (χ3v) is 9.63. The molecule has 3 aliphatic rings. The van der Waals surface area contributed by atoms with E-state index in [2.05, 4.69) is 35.9 Å². The number of amides is 1. The molecule has 0 saturated carbocycles. The zero-order chi connectivity index (χ0) is 30.5. The van der Waals surface area contributed by atoms with Crippen molar-refractivity contribution in [2.24, 2.45) is 5.92 Å². The van der Waals surface area contributed by atoms with E-state index in [4.69, 9.17) is 4.74 Å². The van der Waals surface area contributed by atoms with Crippen LogP contribution in [-0.4, -0.2) is 43.2 Å². The van der Waals surface area contributed by atoms with Crippen molar-refractivity contribution in [3.63, 3.8) is 0 Å². The van der Waals surface area contributed by atoms with E-state index in [1.54, 1.807) is 6.07 Å². The Morgan fingerprint density at radius 3 is 2.32 bits per heavy atom. The molecule has 3 aromatic carbocycles. The summed E-state index contributed by atoms with van der Waals surface area (Å²) < 4.78 is 21.2. The molecule has 0 spiro atoms. The lowest BCUT2D eigenvalue weighted by Gasteiger charge is -2.39. The highest BCUT2D eigenvalue weighted by atomic mass is 19.1. The second-order valence-electron chi connectivity index (χ2n) is 12.3. The fourth-order valence-corrected chi connectivity index (χ4v) is 7.23. The maximum Gasteiger partial charge on any atom is 0.252 e. The number of likely N-dealkylation sites (tertiary alicyclic amines) is 1. The molecule has 2 saturated heterocycles. The maximum absolute atomic E-state index is 15.6. The van der Waals surface area contributed by atoms with Crippen LogP contribution >= 0.6 is 0 Å². The van der Waals surface area contributed by atoms with E-state index in [9.17, 15) is 4.79 Å². The average Bonchev–Trinajstić information content (AvgIpc) is 3.19. The molecule has 228 valence electrons. The Balaban J connectivity index is 1.42. The van der Waals surface area contributed by atoms with Crippen molar-refractivity contribution in [3.8, 4) is 0 Å². The van der Waals surface area contributed by atoms with Crippen LogP contribution in [0, 0.1) is 11.7 Å². The summed E-state index contributed by atoms with van der Waals surface area (Å²) >= 11 is 0. The quantitative estimate of drug-likeness (QED) is 0.287. The molecule has 1 atom stereocenters. The highest BCUT2D eigenvalue weighted by Gasteiger charge is 2.32. The lowest BCUT2D eigenvalue weighted by Crippen LogP contribution is -2.44. The molecule has 0 aromatic heterocycles. The van der Waals surface area contributed by atoms with Gasteiger partial charge in [0.1, 0.15) is 5.82 Å². The van der Waals surface area contributed by atoms with Crippen LogP contribution in [0.5, 0.6) is 0 Å².